The number of hydrogen-bond donors (Lipinski definition) is 1. The van der Waals surface area contributed by atoms with Crippen LogP contribution >= 0.6 is 0 Å². The predicted octanol–water partition coefficient (Wildman–Crippen LogP) is 1.15. The lowest BCUT2D eigenvalue weighted by molar-refractivity contribution is -0.124. The molecule has 0 radical (unpaired) electrons. The zero-order chi connectivity index (χ0) is 14.4. The predicted molar refractivity (Wildman–Crippen MR) is 75.3 cm³/mol. The molecule has 0 aromatic heterocycles. The number of para-hydroxylation sites is 1. The van der Waals surface area contributed by atoms with Crippen molar-refractivity contribution in [3.63, 3.8) is 0 Å². The molecule has 1 aliphatic heterocycles. The van der Waals surface area contributed by atoms with Crippen molar-refractivity contribution in [3.8, 4) is 11.8 Å². The first kappa shape index (κ1) is 14.4. The smallest absolute Gasteiger partial charge is 0.258 e. The number of likely N-dealkylation sites (tertiary alicyclic amines) is 1. The second-order valence-electron chi connectivity index (χ2n) is 5.07. The minimum absolute atomic E-state index is 0.0566. The lowest BCUT2D eigenvalue weighted by Crippen LogP contribution is -2.47. The highest BCUT2D eigenvalue weighted by Gasteiger charge is 2.19. The summed E-state index contributed by atoms with van der Waals surface area (Å²) >= 11 is 0. The van der Waals surface area contributed by atoms with Gasteiger partial charge in [0.15, 0.2) is 6.61 Å². The molecule has 1 N–H and O–H groups in total. The van der Waals surface area contributed by atoms with Gasteiger partial charge in [0.2, 0.25) is 0 Å². The van der Waals surface area contributed by atoms with Gasteiger partial charge in [-0.25, -0.2) is 0 Å². The molecule has 0 aliphatic carbocycles. The van der Waals surface area contributed by atoms with E-state index in [0.717, 1.165) is 25.9 Å². The number of ether oxygens (including phenoxy) is 1. The summed E-state index contributed by atoms with van der Waals surface area (Å²) in [6.45, 7) is 1.90. The van der Waals surface area contributed by atoms with Crippen molar-refractivity contribution in [2.24, 2.45) is 0 Å². The molecule has 1 heterocycles. The molecule has 106 valence electrons. The van der Waals surface area contributed by atoms with Gasteiger partial charge in [0.05, 0.1) is 5.56 Å². The third kappa shape index (κ3) is 3.97. The largest absolute Gasteiger partial charge is 0.482 e. The van der Waals surface area contributed by atoms with Crippen LogP contribution in [0.1, 0.15) is 18.4 Å². The second kappa shape index (κ2) is 6.92. The van der Waals surface area contributed by atoms with Gasteiger partial charge in [-0.05, 0) is 38.6 Å². The SMILES string of the molecule is CN1CCCC(NC(=O)COc2ccccc2C#N)C1. The Balaban J connectivity index is 1.82. The first-order chi connectivity index (χ1) is 9.69. The van der Waals surface area contributed by atoms with E-state index in [4.69, 9.17) is 10.00 Å². The van der Waals surface area contributed by atoms with Gasteiger partial charge in [-0.2, -0.15) is 5.26 Å². The van der Waals surface area contributed by atoms with Gasteiger partial charge < -0.3 is 15.0 Å². The first-order valence-corrected chi connectivity index (χ1v) is 6.79. The molecule has 1 aromatic rings. The van der Waals surface area contributed by atoms with Crippen LogP contribution < -0.4 is 10.1 Å². The number of benzene rings is 1. The summed E-state index contributed by atoms with van der Waals surface area (Å²) in [7, 11) is 2.05. The van der Waals surface area contributed by atoms with Crippen LogP contribution in [0.4, 0.5) is 0 Å². The molecule has 1 fully saturated rings. The van der Waals surface area contributed by atoms with Crippen LogP contribution in [0.25, 0.3) is 0 Å². The van der Waals surface area contributed by atoms with Crippen LogP contribution in [-0.2, 0) is 4.79 Å². The third-order valence-electron chi connectivity index (χ3n) is 3.36. The van der Waals surface area contributed by atoms with Crippen LogP contribution in [0, 0.1) is 11.3 Å². The molecule has 1 amide bonds. The fourth-order valence-electron chi connectivity index (χ4n) is 2.38. The Morgan fingerprint density at radius 2 is 2.35 bits per heavy atom. The van der Waals surface area contributed by atoms with Crippen LogP contribution in [0.3, 0.4) is 0 Å². The van der Waals surface area contributed by atoms with Crippen LogP contribution in [-0.4, -0.2) is 43.6 Å². The molecule has 2 rings (SSSR count). The summed E-state index contributed by atoms with van der Waals surface area (Å²) in [5.41, 5.74) is 0.442. The van der Waals surface area contributed by atoms with E-state index in [1.807, 2.05) is 6.07 Å². The summed E-state index contributed by atoms with van der Waals surface area (Å²) in [5.74, 6) is 0.309. The van der Waals surface area contributed by atoms with Crippen molar-refractivity contribution in [3.05, 3.63) is 29.8 Å². The number of carbonyl (C=O) groups excluding carboxylic acids is 1. The lowest BCUT2D eigenvalue weighted by atomic mass is 10.1. The monoisotopic (exact) mass is 273 g/mol. The van der Waals surface area contributed by atoms with E-state index in [2.05, 4.69) is 17.3 Å². The van der Waals surface area contributed by atoms with Crippen LogP contribution in [0.2, 0.25) is 0 Å². The quantitative estimate of drug-likeness (QED) is 0.893. The maximum atomic E-state index is 11.9. The summed E-state index contributed by atoms with van der Waals surface area (Å²) in [5, 5.41) is 11.9. The van der Waals surface area contributed by atoms with E-state index in [0.29, 0.717) is 11.3 Å². The third-order valence-corrected chi connectivity index (χ3v) is 3.36. The first-order valence-electron chi connectivity index (χ1n) is 6.79. The average Bonchev–Trinajstić information content (AvgIpc) is 2.45. The number of amides is 1. The van der Waals surface area contributed by atoms with Crippen molar-refractivity contribution < 1.29 is 9.53 Å². The highest BCUT2D eigenvalue weighted by Crippen LogP contribution is 2.16. The Labute approximate surface area is 119 Å². The van der Waals surface area contributed by atoms with Gasteiger partial charge in [0.1, 0.15) is 11.8 Å². The molecule has 1 unspecified atom stereocenters. The zero-order valence-corrected chi connectivity index (χ0v) is 11.6. The molecule has 1 saturated heterocycles. The van der Waals surface area contributed by atoms with E-state index in [9.17, 15) is 4.79 Å². The van der Waals surface area contributed by atoms with Crippen LogP contribution in [0.15, 0.2) is 24.3 Å². The standard InChI is InChI=1S/C15H19N3O2/c1-18-8-4-6-13(10-18)17-15(19)11-20-14-7-3-2-5-12(14)9-16/h2-3,5,7,13H,4,6,8,10-11H2,1H3,(H,17,19). The Kier molecular flexibility index (Phi) is 4.97. The molecule has 0 saturated carbocycles. The molecule has 1 aromatic carbocycles. The summed E-state index contributed by atoms with van der Waals surface area (Å²) < 4.78 is 5.41. The van der Waals surface area contributed by atoms with Crippen LogP contribution in [0.5, 0.6) is 5.75 Å². The highest BCUT2D eigenvalue weighted by atomic mass is 16.5. The van der Waals surface area contributed by atoms with E-state index in [1.165, 1.54) is 0 Å². The molecule has 20 heavy (non-hydrogen) atoms. The number of nitrogens with zero attached hydrogens (tertiary/aromatic N) is 2. The average molecular weight is 273 g/mol. The van der Waals surface area contributed by atoms with Crippen molar-refractivity contribution in [1.82, 2.24) is 10.2 Å². The summed E-state index contributed by atoms with van der Waals surface area (Å²) in [6.07, 6.45) is 2.10. The van der Waals surface area contributed by atoms with E-state index in [-0.39, 0.29) is 18.6 Å². The Morgan fingerprint density at radius 3 is 3.10 bits per heavy atom. The number of hydrogen-bond acceptors (Lipinski definition) is 4. The van der Waals surface area contributed by atoms with Crippen molar-refractivity contribution in [1.29, 1.82) is 5.26 Å². The second-order valence-corrected chi connectivity index (χ2v) is 5.07. The number of piperidine rings is 1. The van der Waals surface area contributed by atoms with E-state index in [1.54, 1.807) is 24.3 Å². The van der Waals surface area contributed by atoms with E-state index < -0.39 is 0 Å². The Hall–Kier alpha value is -2.06. The molecule has 1 atom stereocenters. The zero-order valence-electron chi connectivity index (χ0n) is 11.6. The van der Waals surface area contributed by atoms with Gasteiger partial charge in [-0.3, -0.25) is 4.79 Å². The summed E-state index contributed by atoms with van der Waals surface area (Å²) in [6, 6.07) is 9.15. The molecule has 1 aliphatic rings. The molecule has 5 heteroatoms. The minimum Gasteiger partial charge on any atom is -0.482 e. The minimum atomic E-state index is -0.141. The number of nitrogens with one attached hydrogen (secondary N) is 1. The van der Waals surface area contributed by atoms with Gasteiger partial charge in [0, 0.05) is 12.6 Å². The molecule has 5 nitrogen and oxygen atoms in total. The Bertz CT molecular complexity index is 510. The van der Waals surface area contributed by atoms with Crippen molar-refractivity contribution >= 4 is 5.91 Å². The van der Waals surface area contributed by atoms with Gasteiger partial charge in [-0.15, -0.1) is 0 Å². The fourth-order valence-corrected chi connectivity index (χ4v) is 2.38. The summed E-state index contributed by atoms with van der Waals surface area (Å²) in [4.78, 5) is 14.1. The number of rotatable bonds is 4. The topological polar surface area (TPSA) is 65.4 Å². The number of nitriles is 1. The number of likely N-dealkylation sites (N-methyl/N-ethyl adjacent to an activating group) is 1. The maximum Gasteiger partial charge on any atom is 0.258 e. The molecule has 0 spiro atoms. The maximum absolute atomic E-state index is 11.9. The van der Waals surface area contributed by atoms with Gasteiger partial charge in [-0.1, -0.05) is 12.1 Å². The fraction of sp³-hybridized carbons (Fsp3) is 0.467. The lowest BCUT2D eigenvalue weighted by Gasteiger charge is -2.30. The highest BCUT2D eigenvalue weighted by molar-refractivity contribution is 5.78. The normalized spacial score (nSPS) is 19.1. The Morgan fingerprint density at radius 1 is 1.55 bits per heavy atom. The van der Waals surface area contributed by atoms with Crippen molar-refractivity contribution in [2.45, 2.75) is 18.9 Å². The van der Waals surface area contributed by atoms with Gasteiger partial charge >= 0.3 is 0 Å². The number of carbonyl (C=O) groups is 1. The van der Waals surface area contributed by atoms with Gasteiger partial charge in [0.25, 0.3) is 5.91 Å². The van der Waals surface area contributed by atoms with Crippen molar-refractivity contribution in [2.75, 3.05) is 26.7 Å². The molecule has 0 bridgehead atoms. The molecular weight excluding hydrogens is 254 g/mol. The van der Waals surface area contributed by atoms with E-state index >= 15 is 0 Å². The molecular formula is C15H19N3O2.